The van der Waals surface area contributed by atoms with Gasteiger partial charge in [0.1, 0.15) is 11.4 Å². The van der Waals surface area contributed by atoms with Crippen molar-refractivity contribution in [3.8, 4) is 5.75 Å². The van der Waals surface area contributed by atoms with Crippen molar-refractivity contribution in [3.63, 3.8) is 0 Å². The zero-order valence-corrected chi connectivity index (χ0v) is 10.7. The van der Waals surface area contributed by atoms with Gasteiger partial charge in [0.15, 0.2) is 0 Å². The van der Waals surface area contributed by atoms with E-state index in [1.54, 1.807) is 4.90 Å². The van der Waals surface area contributed by atoms with E-state index in [0.717, 1.165) is 32.0 Å². The molecule has 1 saturated heterocycles. The van der Waals surface area contributed by atoms with Crippen molar-refractivity contribution in [2.45, 2.75) is 38.8 Å². The van der Waals surface area contributed by atoms with Crippen molar-refractivity contribution in [3.05, 3.63) is 24.0 Å². The van der Waals surface area contributed by atoms with Crippen LogP contribution in [0.15, 0.2) is 18.3 Å². The lowest BCUT2D eigenvalue weighted by molar-refractivity contribution is -0.0500. The van der Waals surface area contributed by atoms with Crippen LogP contribution in [0.3, 0.4) is 0 Å². The van der Waals surface area contributed by atoms with Gasteiger partial charge in [0, 0.05) is 12.6 Å². The maximum absolute atomic E-state index is 12.2. The average Bonchev–Trinajstić information content (AvgIpc) is 2.39. The number of pyridine rings is 1. The molecule has 0 N–H and O–H groups in total. The minimum atomic E-state index is -2.88. The molecule has 1 aliphatic heterocycles. The molecule has 4 nitrogen and oxygen atoms in total. The molecule has 2 rings (SSSR count). The fourth-order valence-corrected chi connectivity index (χ4v) is 2.23. The molecule has 0 saturated carbocycles. The van der Waals surface area contributed by atoms with Gasteiger partial charge in [0.05, 0.1) is 6.20 Å². The van der Waals surface area contributed by atoms with E-state index in [4.69, 9.17) is 0 Å². The number of halogens is 2. The van der Waals surface area contributed by atoms with Gasteiger partial charge in [-0.2, -0.15) is 8.78 Å². The maximum Gasteiger partial charge on any atom is 0.387 e. The van der Waals surface area contributed by atoms with E-state index in [9.17, 15) is 13.6 Å². The van der Waals surface area contributed by atoms with E-state index in [1.165, 1.54) is 12.1 Å². The SMILES string of the molecule is C[C@H]1CCCCN1C(=O)c1ccc(OC(F)F)cn1. The van der Waals surface area contributed by atoms with Crippen LogP contribution in [-0.2, 0) is 0 Å². The molecule has 0 spiro atoms. The monoisotopic (exact) mass is 270 g/mol. The summed E-state index contributed by atoms with van der Waals surface area (Å²) in [7, 11) is 0. The Morgan fingerprint density at radius 3 is 2.84 bits per heavy atom. The molecule has 6 heteroatoms. The number of piperidine rings is 1. The molecule has 1 fully saturated rings. The number of nitrogens with zero attached hydrogens (tertiary/aromatic N) is 2. The fourth-order valence-electron chi connectivity index (χ4n) is 2.23. The number of hydrogen-bond acceptors (Lipinski definition) is 3. The standard InChI is InChI=1S/C13H16F2N2O2/c1-9-4-2-3-7-17(9)12(18)11-6-5-10(8-16-11)19-13(14)15/h5-6,8-9,13H,2-4,7H2,1H3/t9-/m0/s1. The van der Waals surface area contributed by atoms with Crippen LogP contribution in [0.1, 0.15) is 36.7 Å². The van der Waals surface area contributed by atoms with Gasteiger partial charge >= 0.3 is 6.61 Å². The molecule has 2 heterocycles. The molecule has 1 atom stereocenters. The Labute approximate surface area is 110 Å². The van der Waals surface area contributed by atoms with Crippen molar-refractivity contribution >= 4 is 5.91 Å². The number of rotatable bonds is 3. The molecule has 19 heavy (non-hydrogen) atoms. The van der Waals surface area contributed by atoms with Crippen LogP contribution in [0.4, 0.5) is 8.78 Å². The lowest BCUT2D eigenvalue weighted by Gasteiger charge is -2.33. The van der Waals surface area contributed by atoms with Gasteiger partial charge in [-0.25, -0.2) is 4.98 Å². The summed E-state index contributed by atoms with van der Waals surface area (Å²) in [5.74, 6) is -0.200. The molecule has 1 aromatic rings. The third kappa shape index (κ3) is 3.39. The van der Waals surface area contributed by atoms with Crippen LogP contribution in [0.2, 0.25) is 0 Å². The minimum Gasteiger partial charge on any atom is -0.433 e. The normalized spacial score (nSPS) is 19.6. The highest BCUT2D eigenvalue weighted by Gasteiger charge is 2.24. The first-order valence-electron chi connectivity index (χ1n) is 6.30. The van der Waals surface area contributed by atoms with Crippen LogP contribution in [-0.4, -0.2) is 35.0 Å². The fraction of sp³-hybridized carbons (Fsp3) is 0.538. The van der Waals surface area contributed by atoms with Crippen LogP contribution in [0, 0.1) is 0 Å². The molecule has 1 aromatic heterocycles. The molecular weight excluding hydrogens is 254 g/mol. The first kappa shape index (κ1) is 13.7. The number of amides is 1. The molecule has 0 aromatic carbocycles. The number of aromatic nitrogens is 1. The highest BCUT2D eigenvalue weighted by Crippen LogP contribution is 2.19. The molecule has 0 aliphatic carbocycles. The topological polar surface area (TPSA) is 42.4 Å². The van der Waals surface area contributed by atoms with Crippen LogP contribution < -0.4 is 4.74 Å². The third-order valence-corrected chi connectivity index (χ3v) is 3.24. The summed E-state index contributed by atoms with van der Waals surface area (Å²) in [6, 6.07) is 2.95. The molecule has 1 amide bonds. The quantitative estimate of drug-likeness (QED) is 0.848. The molecule has 104 valence electrons. The molecule has 1 aliphatic rings. The Morgan fingerprint density at radius 1 is 1.47 bits per heavy atom. The summed E-state index contributed by atoms with van der Waals surface area (Å²) in [5.41, 5.74) is 0.260. The summed E-state index contributed by atoms with van der Waals surface area (Å²) >= 11 is 0. The van der Waals surface area contributed by atoms with Gasteiger partial charge < -0.3 is 9.64 Å². The Morgan fingerprint density at radius 2 is 2.26 bits per heavy atom. The van der Waals surface area contributed by atoms with E-state index in [2.05, 4.69) is 9.72 Å². The van der Waals surface area contributed by atoms with Crippen LogP contribution in [0.5, 0.6) is 5.75 Å². The van der Waals surface area contributed by atoms with Gasteiger partial charge in [-0.05, 0) is 38.3 Å². The van der Waals surface area contributed by atoms with Gasteiger partial charge in [-0.3, -0.25) is 4.79 Å². The highest BCUT2D eigenvalue weighted by atomic mass is 19.3. The number of hydrogen-bond donors (Lipinski definition) is 0. The van der Waals surface area contributed by atoms with E-state index >= 15 is 0 Å². The first-order chi connectivity index (χ1) is 9.08. The highest BCUT2D eigenvalue weighted by molar-refractivity contribution is 5.92. The number of likely N-dealkylation sites (tertiary alicyclic amines) is 1. The van der Waals surface area contributed by atoms with Gasteiger partial charge in [-0.15, -0.1) is 0 Å². The zero-order valence-electron chi connectivity index (χ0n) is 10.7. The Kier molecular flexibility index (Phi) is 4.29. The predicted octanol–water partition coefficient (Wildman–Crippen LogP) is 2.70. The van der Waals surface area contributed by atoms with Crippen molar-refractivity contribution in [2.24, 2.45) is 0 Å². The van der Waals surface area contributed by atoms with E-state index in [1.807, 2.05) is 6.92 Å². The van der Waals surface area contributed by atoms with E-state index in [-0.39, 0.29) is 23.4 Å². The second-order valence-electron chi connectivity index (χ2n) is 4.60. The Hall–Kier alpha value is -1.72. The lowest BCUT2D eigenvalue weighted by atomic mass is 10.0. The van der Waals surface area contributed by atoms with Crippen molar-refractivity contribution in [1.29, 1.82) is 0 Å². The smallest absolute Gasteiger partial charge is 0.387 e. The van der Waals surface area contributed by atoms with Gasteiger partial charge in [0.2, 0.25) is 0 Å². The number of ether oxygens (including phenoxy) is 1. The number of carbonyl (C=O) groups excluding carboxylic acids is 1. The minimum absolute atomic E-state index is 0.0433. The Balaban J connectivity index is 2.06. The molecule has 0 bridgehead atoms. The average molecular weight is 270 g/mol. The molecule has 0 unspecified atom stereocenters. The summed E-state index contributed by atoms with van der Waals surface area (Å²) in [6.07, 6.45) is 4.24. The summed E-state index contributed by atoms with van der Waals surface area (Å²) in [4.78, 5) is 17.9. The number of alkyl halides is 2. The van der Waals surface area contributed by atoms with Gasteiger partial charge in [0.25, 0.3) is 5.91 Å². The third-order valence-electron chi connectivity index (χ3n) is 3.24. The second kappa shape index (κ2) is 5.95. The van der Waals surface area contributed by atoms with Crippen LogP contribution >= 0.6 is 0 Å². The Bertz CT molecular complexity index is 437. The summed E-state index contributed by atoms with van der Waals surface area (Å²) in [5, 5.41) is 0. The van der Waals surface area contributed by atoms with E-state index < -0.39 is 6.61 Å². The van der Waals surface area contributed by atoms with Gasteiger partial charge in [-0.1, -0.05) is 0 Å². The van der Waals surface area contributed by atoms with E-state index in [0.29, 0.717) is 0 Å². The lowest BCUT2D eigenvalue weighted by Crippen LogP contribution is -2.42. The predicted molar refractivity (Wildman–Crippen MR) is 65.2 cm³/mol. The van der Waals surface area contributed by atoms with Crippen LogP contribution in [0.25, 0.3) is 0 Å². The largest absolute Gasteiger partial charge is 0.433 e. The number of carbonyl (C=O) groups is 1. The maximum atomic E-state index is 12.2. The molecule has 0 radical (unpaired) electrons. The first-order valence-corrected chi connectivity index (χ1v) is 6.30. The zero-order chi connectivity index (χ0) is 13.8. The van der Waals surface area contributed by atoms with Crippen molar-refractivity contribution in [1.82, 2.24) is 9.88 Å². The second-order valence-corrected chi connectivity index (χ2v) is 4.60. The summed E-state index contributed by atoms with van der Waals surface area (Å²) in [6.45, 7) is -0.159. The van der Waals surface area contributed by atoms with Crippen molar-refractivity contribution in [2.75, 3.05) is 6.54 Å². The van der Waals surface area contributed by atoms with Crippen molar-refractivity contribution < 1.29 is 18.3 Å². The molecular formula is C13H16F2N2O2. The summed E-state index contributed by atoms with van der Waals surface area (Å²) < 4.78 is 28.2.